The van der Waals surface area contributed by atoms with E-state index in [4.69, 9.17) is 9.88 Å². The van der Waals surface area contributed by atoms with Gasteiger partial charge in [0, 0.05) is 32.7 Å². The molecule has 12 nitrogen and oxygen atoms in total. The fraction of sp³-hybridized carbons (Fsp3) is 0.333. The number of hydrogen-bond acceptors (Lipinski definition) is 7. The fourth-order valence-corrected chi connectivity index (χ4v) is 3.90. The average molecular weight is 450 g/mol. The Bertz CT molecular complexity index is 1390. The van der Waals surface area contributed by atoms with Gasteiger partial charge in [0.05, 0.1) is 13.4 Å². The number of sulfonamides is 1. The van der Waals surface area contributed by atoms with Gasteiger partial charge < -0.3 is 14.6 Å². The molecule has 0 bridgehead atoms. The summed E-state index contributed by atoms with van der Waals surface area (Å²) in [6, 6.07) is 4.12. The Morgan fingerprint density at radius 3 is 2.58 bits per heavy atom. The van der Waals surface area contributed by atoms with Gasteiger partial charge in [-0.3, -0.25) is 18.7 Å². The number of nitrogens with zero attached hydrogens (tertiary/aromatic N) is 4. The minimum atomic E-state index is -4.03. The third-order valence-corrected chi connectivity index (χ3v) is 5.71. The molecule has 166 valence electrons. The van der Waals surface area contributed by atoms with Gasteiger partial charge in [0.1, 0.15) is 10.6 Å². The molecule has 0 aliphatic heterocycles. The first-order valence-electron chi connectivity index (χ1n) is 9.16. The normalized spacial score (nSPS) is 11.6. The second-order valence-electron chi connectivity index (χ2n) is 6.88. The Hall–Kier alpha value is -3.45. The lowest BCUT2D eigenvalue weighted by atomic mass is 10.2. The smallest absolute Gasteiger partial charge is 0.332 e. The van der Waals surface area contributed by atoms with Crippen LogP contribution in [-0.4, -0.2) is 40.1 Å². The molecule has 1 amide bonds. The van der Waals surface area contributed by atoms with Crippen LogP contribution in [0.25, 0.3) is 11.2 Å². The third-order valence-electron chi connectivity index (χ3n) is 4.77. The van der Waals surface area contributed by atoms with Gasteiger partial charge in [-0.05, 0) is 24.6 Å². The highest BCUT2D eigenvalue weighted by atomic mass is 32.2. The number of carbonyl (C=O) groups is 1. The van der Waals surface area contributed by atoms with Crippen LogP contribution in [0.4, 0.5) is 5.69 Å². The Morgan fingerprint density at radius 1 is 1.23 bits per heavy atom. The number of amides is 1. The molecule has 0 atom stereocenters. The van der Waals surface area contributed by atoms with Crippen molar-refractivity contribution < 1.29 is 17.9 Å². The standard InChI is InChI=1S/C18H22N6O6S/c1-22-16-15(17(26)23(2)18(22)27)24(10-20-16)8-4-5-14(25)21-11-6-7-12(30-3)13(9-11)31(19,28)29/h6-7,9-10H,4-5,8H2,1-3H3,(H,21,25)(H2,19,28,29). The molecule has 31 heavy (non-hydrogen) atoms. The Kier molecular flexibility index (Phi) is 5.99. The van der Waals surface area contributed by atoms with Crippen molar-refractivity contribution in [3.8, 4) is 5.75 Å². The van der Waals surface area contributed by atoms with E-state index in [9.17, 15) is 22.8 Å². The molecule has 13 heteroatoms. The molecule has 0 radical (unpaired) electrons. The van der Waals surface area contributed by atoms with Gasteiger partial charge in [-0.2, -0.15) is 0 Å². The van der Waals surface area contributed by atoms with Crippen molar-refractivity contribution in [2.24, 2.45) is 19.2 Å². The maximum absolute atomic E-state index is 12.4. The average Bonchev–Trinajstić information content (AvgIpc) is 3.14. The number of aryl methyl sites for hydroxylation is 2. The number of fused-ring (bicyclic) bond motifs is 1. The molecule has 0 fully saturated rings. The topological polar surface area (TPSA) is 160 Å². The van der Waals surface area contributed by atoms with Crippen LogP contribution in [-0.2, 0) is 35.5 Å². The summed E-state index contributed by atoms with van der Waals surface area (Å²) in [6.45, 7) is 0.322. The lowest BCUT2D eigenvalue weighted by molar-refractivity contribution is -0.116. The van der Waals surface area contributed by atoms with Gasteiger partial charge in [0.25, 0.3) is 5.56 Å². The highest BCUT2D eigenvalue weighted by molar-refractivity contribution is 7.89. The van der Waals surface area contributed by atoms with Crippen molar-refractivity contribution in [1.29, 1.82) is 0 Å². The summed E-state index contributed by atoms with van der Waals surface area (Å²) in [7, 11) is 0.201. The molecule has 2 heterocycles. The molecule has 0 unspecified atom stereocenters. The summed E-state index contributed by atoms with van der Waals surface area (Å²) in [5.74, 6) is -0.279. The van der Waals surface area contributed by atoms with Crippen LogP contribution in [0.2, 0.25) is 0 Å². The molecule has 0 spiro atoms. The first kappa shape index (κ1) is 22.2. The summed E-state index contributed by atoms with van der Waals surface area (Å²) >= 11 is 0. The van der Waals surface area contributed by atoms with E-state index in [0.717, 1.165) is 4.57 Å². The number of benzene rings is 1. The number of nitrogens with one attached hydrogen (secondary N) is 1. The maximum Gasteiger partial charge on any atom is 0.332 e. The Labute approximate surface area is 176 Å². The molecule has 0 saturated carbocycles. The van der Waals surface area contributed by atoms with Crippen LogP contribution in [0.15, 0.2) is 39.0 Å². The molecule has 1 aromatic carbocycles. The van der Waals surface area contributed by atoms with Crippen LogP contribution in [0.5, 0.6) is 5.75 Å². The second-order valence-corrected chi connectivity index (χ2v) is 8.41. The van der Waals surface area contributed by atoms with E-state index in [-0.39, 0.29) is 39.8 Å². The number of carbonyl (C=O) groups excluding carboxylic acids is 1. The number of primary sulfonamides is 1. The van der Waals surface area contributed by atoms with Crippen molar-refractivity contribution in [3.05, 3.63) is 45.4 Å². The quantitative estimate of drug-likeness (QED) is 0.491. The monoisotopic (exact) mass is 450 g/mol. The Balaban J connectivity index is 1.71. The van der Waals surface area contributed by atoms with Crippen LogP contribution in [0.1, 0.15) is 12.8 Å². The maximum atomic E-state index is 12.4. The molecule has 3 N–H and O–H groups in total. The summed E-state index contributed by atoms with van der Waals surface area (Å²) in [5.41, 5.74) is -0.134. The zero-order chi connectivity index (χ0) is 22.9. The number of ether oxygens (including phenoxy) is 1. The summed E-state index contributed by atoms with van der Waals surface area (Å²) in [4.78, 5) is 40.6. The van der Waals surface area contributed by atoms with Crippen molar-refractivity contribution in [3.63, 3.8) is 0 Å². The largest absolute Gasteiger partial charge is 0.495 e. The number of anilines is 1. The van der Waals surface area contributed by atoms with E-state index in [2.05, 4.69) is 10.3 Å². The van der Waals surface area contributed by atoms with Crippen molar-refractivity contribution in [2.75, 3.05) is 12.4 Å². The molecule has 3 aromatic rings. The van der Waals surface area contributed by atoms with Crippen LogP contribution >= 0.6 is 0 Å². The van der Waals surface area contributed by atoms with Gasteiger partial charge in [0.2, 0.25) is 15.9 Å². The van der Waals surface area contributed by atoms with Gasteiger partial charge in [-0.1, -0.05) is 0 Å². The number of nitrogens with two attached hydrogens (primary N) is 1. The zero-order valence-electron chi connectivity index (χ0n) is 17.2. The van der Waals surface area contributed by atoms with E-state index in [1.165, 1.54) is 50.3 Å². The minimum absolute atomic E-state index is 0.0727. The highest BCUT2D eigenvalue weighted by Crippen LogP contribution is 2.26. The minimum Gasteiger partial charge on any atom is -0.495 e. The van der Waals surface area contributed by atoms with Gasteiger partial charge in [-0.25, -0.2) is 23.3 Å². The number of aromatic nitrogens is 4. The van der Waals surface area contributed by atoms with Crippen molar-refractivity contribution in [1.82, 2.24) is 18.7 Å². The number of methoxy groups -OCH3 is 1. The molecule has 0 aliphatic rings. The van der Waals surface area contributed by atoms with Gasteiger partial charge >= 0.3 is 5.69 Å². The van der Waals surface area contributed by atoms with Crippen molar-refractivity contribution >= 4 is 32.8 Å². The number of imidazole rings is 1. The first-order chi connectivity index (χ1) is 14.5. The number of hydrogen-bond donors (Lipinski definition) is 2. The summed E-state index contributed by atoms with van der Waals surface area (Å²) in [5, 5.41) is 7.79. The molecule has 3 rings (SSSR count). The second kappa shape index (κ2) is 8.35. The Morgan fingerprint density at radius 2 is 1.94 bits per heavy atom. The molecule has 2 aromatic heterocycles. The van der Waals surface area contributed by atoms with Crippen LogP contribution in [0.3, 0.4) is 0 Å². The predicted molar refractivity (Wildman–Crippen MR) is 112 cm³/mol. The molecular formula is C18H22N6O6S. The van der Waals surface area contributed by atoms with Crippen LogP contribution < -0.4 is 26.4 Å². The van der Waals surface area contributed by atoms with E-state index in [1.54, 1.807) is 4.57 Å². The molecular weight excluding hydrogens is 428 g/mol. The van der Waals surface area contributed by atoms with Gasteiger partial charge in [0.15, 0.2) is 11.2 Å². The summed E-state index contributed by atoms with van der Waals surface area (Å²) in [6.07, 6.45) is 1.93. The van der Waals surface area contributed by atoms with Crippen LogP contribution in [0, 0.1) is 0 Å². The third kappa shape index (κ3) is 4.36. The van der Waals surface area contributed by atoms with E-state index in [1.807, 2.05) is 0 Å². The fourth-order valence-electron chi connectivity index (χ4n) is 3.18. The molecule has 0 aliphatic carbocycles. The lowest BCUT2D eigenvalue weighted by Crippen LogP contribution is -2.37. The predicted octanol–water partition coefficient (Wildman–Crippen LogP) is -0.491. The SMILES string of the molecule is COc1ccc(NC(=O)CCCn2cnc3c2c(=O)n(C)c(=O)n3C)cc1S(N)(=O)=O. The number of rotatable bonds is 7. The van der Waals surface area contributed by atoms with Gasteiger partial charge in [-0.15, -0.1) is 0 Å². The van der Waals surface area contributed by atoms with E-state index in [0.29, 0.717) is 13.0 Å². The van der Waals surface area contributed by atoms with E-state index < -0.39 is 21.3 Å². The van der Waals surface area contributed by atoms with Crippen molar-refractivity contribution in [2.45, 2.75) is 24.3 Å². The zero-order valence-corrected chi connectivity index (χ0v) is 18.0. The first-order valence-corrected chi connectivity index (χ1v) is 10.7. The molecule has 0 saturated heterocycles. The lowest BCUT2D eigenvalue weighted by Gasteiger charge is -2.10. The summed E-state index contributed by atoms with van der Waals surface area (Å²) < 4.78 is 32.2. The highest BCUT2D eigenvalue weighted by Gasteiger charge is 2.17. The van der Waals surface area contributed by atoms with E-state index >= 15 is 0 Å².